The molecule has 43 heavy (non-hydrogen) atoms. The van der Waals surface area contributed by atoms with Crippen LogP contribution in [-0.2, 0) is 22.6 Å². The fourth-order valence-corrected chi connectivity index (χ4v) is 4.86. The van der Waals surface area contributed by atoms with Gasteiger partial charge in [-0.15, -0.1) is 0 Å². The Kier molecular flexibility index (Phi) is 10.8. The van der Waals surface area contributed by atoms with Crippen LogP contribution in [0.25, 0.3) is 6.08 Å². The zero-order chi connectivity index (χ0) is 30.8. The Bertz CT molecular complexity index is 1510. The van der Waals surface area contributed by atoms with Crippen molar-refractivity contribution in [1.29, 1.82) is 0 Å². The third-order valence-corrected chi connectivity index (χ3v) is 6.96. The Labute approximate surface area is 252 Å². The van der Waals surface area contributed by atoms with Crippen molar-refractivity contribution < 1.29 is 14.4 Å². The molecular weight excluding hydrogens is 542 g/mol. The van der Waals surface area contributed by atoms with Crippen LogP contribution in [0.4, 0.5) is 11.4 Å². The molecule has 0 saturated carbocycles. The first kappa shape index (κ1) is 31.1. The third kappa shape index (κ3) is 8.59. The maximum Gasteiger partial charge on any atom is 0.255 e. The van der Waals surface area contributed by atoms with Crippen molar-refractivity contribution in [1.82, 2.24) is 15.2 Å². The minimum absolute atomic E-state index is 0.0433. The lowest BCUT2D eigenvalue weighted by Gasteiger charge is -2.22. The second-order valence-electron chi connectivity index (χ2n) is 10.6. The second-order valence-corrected chi connectivity index (χ2v) is 10.6. The molecule has 0 radical (unpaired) electrons. The summed E-state index contributed by atoms with van der Waals surface area (Å²) in [6.07, 6.45) is 7.37. The summed E-state index contributed by atoms with van der Waals surface area (Å²) in [6, 6.07) is 15.8. The molecule has 1 aliphatic heterocycles. The first-order chi connectivity index (χ1) is 20.8. The third-order valence-electron chi connectivity index (χ3n) is 6.96. The lowest BCUT2D eigenvalue weighted by Crippen LogP contribution is -2.41. The Morgan fingerprint density at radius 1 is 0.977 bits per heavy atom. The molecule has 1 aliphatic rings. The van der Waals surface area contributed by atoms with Crippen molar-refractivity contribution in [2.75, 3.05) is 18.4 Å². The van der Waals surface area contributed by atoms with Gasteiger partial charge in [0.15, 0.2) is 0 Å². The van der Waals surface area contributed by atoms with Crippen molar-refractivity contribution in [2.24, 2.45) is 16.5 Å². The maximum absolute atomic E-state index is 13.2. The normalized spacial score (nSPS) is 13.1. The van der Waals surface area contributed by atoms with Gasteiger partial charge in [-0.2, -0.15) is 0 Å². The summed E-state index contributed by atoms with van der Waals surface area (Å²) < 4.78 is 0. The van der Waals surface area contributed by atoms with Gasteiger partial charge in [-0.25, -0.2) is 4.99 Å². The molecule has 0 aliphatic carbocycles. The van der Waals surface area contributed by atoms with Crippen LogP contribution in [0, 0.1) is 0 Å². The number of benzene rings is 2. The van der Waals surface area contributed by atoms with Gasteiger partial charge in [-0.3, -0.25) is 19.4 Å². The van der Waals surface area contributed by atoms with Gasteiger partial charge in [0.25, 0.3) is 5.91 Å². The molecule has 0 bridgehead atoms. The number of rotatable bonds is 12. The number of nitrogens with two attached hydrogens (primary N) is 2. The monoisotopic (exact) mass is 581 g/mol. The van der Waals surface area contributed by atoms with Crippen LogP contribution in [0.1, 0.15) is 60.2 Å². The van der Waals surface area contributed by atoms with Crippen molar-refractivity contribution in [2.45, 2.75) is 52.1 Å². The van der Waals surface area contributed by atoms with Gasteiger partial charge in [0.2, 0.25) is 11.8 Å². The fraction of sp³-hybridized carbons (Fsp3) is 0.303. The summed E-state index contributed by atoms with van der Waals surface area (Å²) in [7, 11) is 0. The molecule has 0 fully saturated rings. The van der Waals surface area contributed by atoms with Crippen LogP contribution in [0.15, 0.2) is 77.6 Å². The number of nitrogens with one attached hydrogen (secondary N) is 2. The molecule has 6 N–H and O–H groups in total. The standard InChI is InChI=1S/C33H39N7O3/c1-3-12-40(13-4-2)33(43)26-16-24-10-11-25(17-29(24)39-30(35)18-26)31(41)38-27-14-23(19-36-21-27)20-37-32(42)28(34)15-22-8-6-5-7-9-22/h5-11,14,16-17,19,21,28H,3-4,12-13,15,18,20,34H2,1-2H3,(H2,35,39)(H,37,42)(H,38,41)/t28-/m0/s1. The van der Waals surface area contributed by atoms with E-state index in [0.29, 0.717) is 53.4 Å². The minimum atomic E-state index is -0.682. The van der Waals surface area contributed by atoms with E-state index in [9.17, 15) is 14.4 Å². The van der Waals surface area contributed by atoms with Gasteiger partial charge >= 0.3 is 0 Å². The highest BCUT2D eigenvalue weighted by atomic mass is 16.2. The largest absolute Gasteiger partial charge is 0.387 e. The molecule has 4 rings (SSSR count). The number of nitrogens with zero attached hydrogens (tertiary/aromatic N) is 3. The first-order valence-corrected chi connectivity index (χ1v) is 14.6. The average Bonchev–Trinajstić information content (AvgIpc) is 3.17. The smallest absolute Gasteiger partial charge is 0.255 e. The van der Waals surface area contributed by atoms with Gasteiger partial charge < -0.3 is 27.0 Å². The summed E-state index contributed by atoms with van der Waals surface area (Å²) in [4.78, 5) is 49.4. The molecule has 0 saturated heterocycles. The Morgan fingerprint density at radius 2 is 1.72 bits per heavy atom. The molecule has 224 valence electrons. The van der Waals surface area contributed by atoms with Gasteiger partial charge in [0, 0.05) is 49.0 Å². The number of hydrogen-bond acceptors (Lipinski definition) is 7. The van der Waals surface area contributed by atoms with E-state index in [1.165, 1.54) is 6.20 Å². The van der Waals surface area contributed by atoms with Crippen molar-refractivity contribution in [3.8, 4) is 0 Å². The van der Waals surface area contributed by atoms with E-state index in [2.05, 4.69) is 20.6 Å². The molecule has 10 heteroatoms. The predicted molar refractivity (Wildman–Crippen MR) is 170 cm³/mol. The maximum atomic E-state index is 13.2. The summed E-state index contributed by atoms with van der Waals surface area (Å²) in [5.41, 5.74) is 16.6. The molecule has 2 aromatic carbocycles. The predicted octanol–water partition coefficient (Wildman–Crippen LogP) is 3.94. The van der Waals surface area contributed by atoms with Gasteiger partial charge in [0.05, 0.1) is 23.6 Å². The van der Waals surface area contributed by atoms with Gasteiger partial charge in [-0.1, -0.05) is 50.2 Å². The van der Waals surface area contributed by atoms with Crippen molar-refractivity contribution in [3.05, 3.63) is 94.8 Å². The Morgan fingerprint density at radius 3 is 2.44 bits per heavy atom. The van der Waals surface area contributed by atoms with Crippen LogP contribution in [0.5, 0.6) is 0 Å². The highest BCUT2D eigenvalue weighted by Crippen LogP contribution is 2.29. The van der Waals surface area contributed by atoms with E-state index < -0.39 is 6.04 Å². The lowest BCUT2D eigenvalue weighted by molar-refractivity contribution is -0.127. The minimum Gasteiger partial charge on any atom is -0.387 e. The molecule has 3 amide bonds. The number of aliphatic imine (C=N–C) groups is 1. The van der Waals surface area contributed by atoms with Crippen LogP contribution >= 0.6 is 0 Å². The highest BCUT2D eigenvalue weighted by Gasteiger charge is 2.21. The van der Waals surface area contributed by atoms with Gasteiger partial charge in [0.1, 0.15) is 5.84 Å². The number of carbonyl (C=O) groups excluding carboxylic acids is 3. The zero-order valence-electron chi connectivity index (χ0n) is 24.7. The van der Waals surface area contributed by atoms with Gasteiger partial charge in [-0.05, 0) is 54.7 Å². The topological polar surface area (TPSA) is 156 Å². The van der Waals surface area contributed by atoms with Crippen molar-refractivity contribution in [3.63, 3.8) is 0 Å². The quantitative estimate of drug-likeness (QED) is 0.254. The molecule has 0 spiro atoms. The highest BCUT2D eigenvalue weighted by molar-refractivity contribution is 6.07. The van der Waals surface area contributed by atoms with E-state index in [-0.39, 0.29) is 30.7 Å². The number of pyridine rings is 1. The van der Waals surface area contributed by atoms with E-state index in [1.807, 2.05) is 55.2 Å². The second kappa shape index (κ2) is 14.9. The molecule has 1 aromatic heterocycles. The van der Waals surface area contributed by atoms with E-state index in [1.54, 1.807) is 30.5 Å². The number of anilines is 1. The number of carbonyl (C=O) groups is 3. The van der Waals surface area contributed by atoms with E-state index >= 15 is 0 Å². The summed E-state index contributed by atoms with van der Waals surface area (Å²) in [6.45, 7) is 5.66. The Balaban J connectivity index is 1.41. The molecule has 1 atom stereocenters. The van der Waals surface area contributed by atoms with Crippen LogP contribution < -0.4 is 22.1 Å². The first-order valence-electron chi connectivity index (χ1n) is 14.6. The molecule has 2 heterocycles. The van der Waals surface area contributed by atoms with Crippen LogP contribution in [0.3, 0.4) is 0 Å². The molecular formula is C33H39N7O3. The number of amidine groups is 1. The summed E-state index contributed by atoms with van der Waals surface area (Å²) in [5.74, 6) is -0.360. The number of aromatic nitrogens is 1. The lowest BCUT2D eigenvalue weighted by atomic mass is 10.0. The van der Waals surface area contributed by atoms with Crippen LogP contribution in [-0.4, -0.2) is 52.6 Å². The average molecular weight is 582 g/mol. The molecule has 0 unspecified atom stereocenters. The number of hydrogen-bond donors (Lipinski definition) is 4. The SMILES string of the molecule is CCCN(CCC)C(=O)C1=Cc2ccc(C(=O)Nc3cncc(CNC(=O)[C@@H](N)Cc4ccccc4)c3)cc2N=C(N)C1. The molecule has 3 aromatic rings. The fourth-order valence-electron chi connectivity index (χ4n) is 4.86. The van der Waals surface area contributed by atoms with E-state index in [4.69, 9.17) is 11.5 Å². The Hall–Kier alpha value is -4.83. The summed E-state index contributed by atoms with van der Waals surface area (Å²) in [5, 5.41) is 5.68. The zero-order valence-corrected chi connectivity index (χ0v) is 24.7. The van der Waals surface area contributed by atoms with Crippen LogP contribution in [0.2, 0.25) is 0 Å². The number of amides is 3. The summed E-state index contributed by atoms with van der Waals surface area (Å²) >= 11 is 0. The number of fused-ring (bicyclic) bond motifs is 1. The van der Waals surface area contributed by atoms with Crippen molar-refractivity contribution >= 4 is 41.0 Å². The van der Waals surface area contributed by atoms with E-state index in [0.717, 1.165) is 24.0 Å². The molecule has 10 nitrogen and oxygen atoms in total.